The molecule has 0 bridgehead atoms. The van der Waals surface area contributed by atoms with Crippen molar-refractivity contribution < 1.29 is 5.11 Å². The molecule has 9 heteroatoms. The molecule has 0 amide bonds. The summed E-state index contributed by atoms with van der Waals surface area (Å²) in [5.41, 5.74) is 0.862. The Kier molecular flexibility index (Phi) is 4.09. The van der Waals surface area contributed by atoms with Gasteiger partial charge in [0.05, 0.1) is 18.7 Å². The van der Waals surface area contributed by atoms with Crippen LogP contribution in [0.3, 0.4) is 0 Å². The Morgan fingerprint density at radius 3 is 2.71 bits per heavy atom. The number of piperazine rings is 1. The van der Waals surface area contributed by atoms with Crippen LogP contribution in [0.25, 0.3) is 16.0 Å². The number of aliphatic hydroxyl groups is 1. The van der Waals surface area contributed by atoms with Gasteiger partial charge in [0.2, 0.25) is 5.78 Å². The third-order valence-corrected chi connectivity index (χ3v) is 5.54. The number of aromatic nitrogens is 4. The summed E-state index contributed by atoms with van der Waals surface area (Å²) in [4.78, 5) is 17.0. The molecule has 0 aromatic carbocycles. The van der Waals surface area contributed by atoms with Gasteiger partial charge in [0.25, 0.3) is 5.56 Å². The third kappa shape index (κ3) is 2.53. The van der Waals surface area contributed by atoms with E-state index in [9.17, 15) is 4.79 Å². The van der Waals surface area contributed by atoms with E-state index in [1.165, 1.54) is 11.3 Å². The monoisotopic (exact) mass is 348 g/mol. The molecule has 24 heavy (non-hydrogen) atoms. The molecule has 3 aromatic heterocycles. The summed E-state index contributed by atoms with van der Waals surface area (Å²) >= 11 is 1.45. The van der Waals surface area contributed by atoms with Gasteiger partial charge in [-0.25, -0.2) is 0 Å². The maximum Gasteiger partial charge on any atom is 0.272 e. The van der Waals surface area contributed by atoms with Crippen molar-refractivity contribution in [2.24, 2.45) is 7.05 Å². The minimum absolute atomic E-state index is 0.0240. The SMILES string of the molecule is Cn1c(=O)c2sccc2n2c(CN3CCN(CCO)CC3)nnc12. The molecule has 1 aliphatic heterocycles. The van der Waals surface area contributed by atoms with Crippen LogP contribution in [0.4, 0.5) is 0 Å². The van der Waals surface area contributed by atoms with Gasteiger partial charge < -0.3 is 5.11 Å². The second-order valence-corrected chi connectivity index (χ2v) is 7.01. The summed E-state index contributed by atoms with van der Waals surface area (Å²) in [7, 11) is 1.74. The predicted octanol–water partition coefficient (Wildman–Crippen LogP) is -0.247. The van der Waals surface area contributed by atoms with Gasteiger partial charge in [-0.3, -0.25) is 23.6 Å². The van der Waals surface area contributed by atoms with Gasteiger partial charge in [-0.05, 0) is 11.4 Å². The van der Waals surface area contributed by atoms with E-state index in [0.717, 1.165) is 48.8 Å². The highest BCUT2D eigenvalue weighted by Gasteiger charge is 2.20. The van der Waals surface area contributed by atoms with Crippen LogP contribution >= 0.6 is 11.3 Å². The highest BCUT2D eigenvalue weighted by molar-refractivity contribution is 7.17. The maximum absolute atomic E-state index is 12.4. The lowest BCUT2D eigenvalue weighted by Gasteiger charge is -2.33. The van der Waals surface area contributed by atoms with Gasteiger partial charge in [0, 0.05) is 39.8 Å². The van der Waals surface area contributed by atoms with Crippen molar-refractivity contribution in [2.75, 3.05) is 39.3 Å². The number of fused-ring (bicyclic) bond motifs is 3. The molecule has 0 radical (unpaired) electrons. The first kappa shape index (κ1) is 15.7. The van der Waals surface area contributed by atoms with E-state index in [0.29, 0.717) is 12.3 Å². The van der Waals surface area contributed by atoms with Gasteiger partial charge in [0.15, 0.2) is 5.82 Å². The van der Waals surface area contributed by atoms with Gasteiger partial charge >= 0.3 is 0 Å². The molecule has 8 nitrogen and oxygen atoms in total. The molecule has 1 fully saturated rings. The first-order chi connectivity index (χ1) is 11.7. The number of rotatable bonds is 4. The normalized spacial score (nSPS) is 17.2. The number of β-amino-alcohol motifs (C(OH)–C–C–N with tert-alkyl or cyclic N) is 1. The van der Waals surface area contributed by atoms with Crippen molar-refractivity contribution in [1.29, 1.82) is 0 Å². The molecule has 0 saturated carbocycles. The Morgan fingerprint density at radius 2 is 1.96 bits per heavy atom. The summed E-state index contributed by atoms with van der Waals surface area (Å²) in [6.07, 6.45) is 0. The van der Waals surface area contributed by atoms with E-state index in [1.54, 1.807) is 11.6 Å². The van der Waals surface area contributed by atoms with Crippen LogP contribution in [0, 0.1) is 0 Å². The van der Waals surface area contributed by atoms with Crippen LogP contribution < -0.4 is 5.56 Å². The van der Waals surface area contributed by atoms with Crippen LogP contribution in [0.1, 0.15) is 5.82 Å². The molecule has 0 aliphatic carbocycles. The summed E-state index contributed by atoms with van der Waals surface area (Å²) in [5, 5.41) is 19.5. The Bertz CT molecular complexity index is 921. The van der Waals surface area contributed by atoms with Crippen molar-refractivity contribution in [3.8, 4) is 0 Å². The van der Waals surface area contributed by atoms with E-state index in [4.69, 9.17) is 5.11 Å². The summed E-state index contributed by atoms with van der Waals surface area (Å²) in [6, 6.07) is 1.96. The summed E-state index contributed by atoms with van der Waals surface area (Å²) < 4.78 is 4.29. The van der Waals surface area contributed by atoms with Crippen molar-refractivity contribution in [1.82, 2.24) is 29.0 Å². The molecular formula is C15H20N6O2S. The predicted molar refractivity (Wildman–Crippen MR) is 92.4 cm³/mol. The number of aliphatic hydroxyl groups excluding tert-OH is 1. The molecule has 0 unspecified atom stereocenters. The molecule has 4 rings (SSSR count). The zero-order valence-electron chi connectivity index (χ0n) is 13.6. The van der Waals surface area contributed by atoms with Crippen molar-refractivity contribution in [2.45, 2.75) is 6.54 Å². The first-order valence-electron chi connectivity index (χ1n) is 8.05. The lowest BCUT2D eigenvalue weighted by Crippen LogP contribution is -2.46. The third-order valence-electron chi connectivity index (χ3n) is 4.64. The summed E-state index contributed by atoms with van der Waals surface area (Å²) in [6.45, 7) is 5.42. The number of thiophene rings is 1. The van der Waals surface area contributed by atoms with Crippen LogP contribution in [0.5, 0.6) is 0 Å². The number of hydrogen-bond donors (Lipinski definition) is 1. The second-order valence-electron chi connectivity index (χ2n) is 6.09. The fourth-order valence-electron chi connectivity index (χ4n) is 3.27. The van der Waals surface area contributed by atoms with Crippen molar-refractivity contribution >= 4 is 27.3 Å². The van der Waals surface area contributed by atoms with E-state index < -0.39 is 0 Å². The highest BCUT2D eigenvalue weighted by Crippen LogP contribution is 2.20. The molecule has 0 spiro atoms. The zero-order chi connectivity index (χ0) is 16.7. The van der Waals surface area contributed by atoms with E-state index >= 15 is 0 Å². The Hall–Kier alpha value is -1.81. The maximum atomic E-state index is 12.4. The van der Waals surface area contributed by atoms with Gasteiger partial charge in [-0.2, -0.15) is 0 Å². The Labute approximate surface area is 142 Å². The van der Waals surface area contributed by atoms with Crippen LogP contribution in [0.2, 0.25) is 0 Å². The smallest absolute Gasteiger partial charge is 0.272 e. The average molecular weight is 348 g/mol. The van der Waals surface area contributed by atoms with Crippen molar-refractivity contribution in [3.63, 3.8) is 0 Å². The minimum Gasteiger partial charge on any atom is -0.395 e. The Morgan fingerprint density at radius 1 is 1.21 bits per heavy atom. The number of nitrogens with zero attached hydrogens (tertiary/aromatic N) is 6. The number of aryl methyl sites for hydroxylation is 1. The molecular weight excluding hydrogens is 328 g/mol. The molecule has 0 atom stereocenters. The van der Waals surface area contributed by atoms with Crippen molar-refractivity contribution in [3.05, 3.63) is 27.6 Å². The van der Waals surface area contributed by atoms with Gasteiger partial charge in [-0.1, -0.05) is 0 Å². The van der Waals surface area contributed by atoms with E-state index in [2.05, 4.69) is 20.0 Å². The van der Waals surface area contributed by atoms with Crippen LogP contribution in [-0.2, 0) is 13.6 Å². The zero-order valence-corrected chi connectivity index (χ0v) is 14.4. The van der Waals surface area contributed by atoms with E-state index in [1.807, 2.05) is 15.8 Å². The lowest BCUT2D eigenvalue weighted by molar-refractivity contribution is 0.106. The largest absolute Gasteiger partial charge is 0.395 e. The topological polar surface area (TPSA) is 78.9 Å². The first-order valence-corrected chi connectivity index (χ1v) is 8.93. The molecule has 3 aromatic rings. The molecule has 1 aliphatic rings. The van der Waals surface area contributed by atoms with Gasteiger partial charge in [-0.15, -0.1) is 21.5 Å². The standard InChI is InChI=1S/C15H20N6O2S/c1-18-14(23)13-11(2-9-24-13)21-12(16-17-15(18)21)10-20-5-3-19(4-6-20)7-8-22/h2,9,22H,3-8,10H2,1H3. The molecule has 128 valence electrons. The molecule has 4 heterocycles. The van der Waals surface area contributed by atoms with Crippen LogP contribution in [-0.4, -0.2) is 73.4 Å². The van der Waals surface area contributed by atoms with E-state index in [-0.39, 0.29) is 12.2 Å². The quantitative estimate of drug-likeness (QED) is 0.701. The minimum atomic E-state index is -0.0240. The molecule has 1 saturated heterocycles. The Balaban J connectivity index is 1.65. The number of hydrogen-bond acceptors (Lipinski definition) is 7. The second kappa shape index (κ2) is 6.25. The molecule has 1 N–H and O–H groups in total. The lowest BCUT2D eigenvalue weighted by atomic mass is 10.3. The average Bonchev–Trinajstić information content (AvgIpc) is 3.21. The summed E-state index contributed by atoms with van der Waals surface area (Å²) in [5.74, 6) is 1.44. The highest BCUT2D eigenvalue weighted by atomic mass is 32.1. The van der Waals surface area contributed by atoms with Gasteiger partial charge in [0.1, 0.15) is 4.70 Å². The van der Waals surface area contributed by atoms with Crippen LogP contribution in [0.15, 0.2) is 16.2 Å². The fraction of sp³-hybridized carbons (Fsp3) is 0.533. The fourth-order valence-corrected chi connectivity index (χ4v) is 4.12.